The van der Waals surface area contributed by atoms with Crippen molar-refractivity contribution < 1.29 is 4.79 Å². The standard InChI is InChI=1S/C18H30N2O/c1-6-15(4)18(16-12-10-9-11-13-16)19(5)17(21)14-20(7-2)8-3/h9-13,15,18H,6-8,14H2,1-5H3. The molecule has 0 saturated heterocycles. The van der Waals surface area contributed by atoms with Crippen LogP contribution in [0.25, 0.3) is 0 Å². The Kier molecular flexibility index (Phi) is 7.44. The average molecular weight is 290 g/mol. The average Bonchev–Trinajstić information content (AvgIpc) is 2.53. The van der Waals surface area contributed by atoms with E-state index in [2.05, 4.69) is 44.7 Å². The number of rotatable bonds is 8. The van der Waals surface area contributed by atoms with Gasteiger partial charge in [0, 0.05) is 7.05 Å². The number of hydrogen-bond acceptors (Lipinski definition) is 2. The van der Waals surface area contributed by atoms with Gasteiger partial charge in [-0.3, -0.25) is 9.69 Å². The van der Waals surface area contributed by atoms with Crippen molar-refractivity contribution in [3.8, 4) is 0 Å². The fourth-order valence-corrected chi connectivity index (χ4v) is 2.71. The number of hydrogen-bond donors (Lipinski definition) is 0. The molecule has 1 aromatic carbocycles. The second-order valence-corrected chi connectivity index (χ2v) is 5.71. The Hall–Kier alpha value is -1.35. The summed E-state index contributed by atoms with van der Waals surface area (Å²) in [5.41, 5.74) is 1.22. The first kappa shape index (κ1) is 17.7. The molecule has 1 amide bonds. The number of carbonyl (C=O) groups is 1. The van der Waals surface area contributed by atoms with Gasteiger partial charge in [-0.25, -0.2) is 0 Å². The summed E-state index contributed by atoms with van der Waals surface area (Å²) in [7, 11) is 1.94. The van der Waals surface area contributed by atoms with E-state index in [1.807, 2.05) is 30.1 Å². The number of carbonyl (C=O) groups excluding carboxylic acids is 1. The summed E-state index contributed by atoms with van der Waals surface area (Å²) >= 11 is 0. The van der Waals surface area contributed by atoms with E-state index >= 15 is 0 Å². The molecule has 0 radical (unpaired) electrons. The van der Waals surface area contributed by atoms with Gasteiger partial charge >= 0.3 is 0 Å². The Balaban J connectivity index is 2.90. The molecular formula is C18H30N2O. The summed E-state index contributed by atoms with van der Waals surface area (Å²) in [5, 5.41) is 0. The highest BCUT2D eigenvalue weighted by Gasteiger charge is 2.26. The van der Waals surface area contributed by atoms with Crippen molar-refractivity contribution in [1.82, 2.24) is 9.80 Å². The molecule has 0 heterocycles. The highest BCUT2D eigenvalue weighted by atomic mass is 16.2. The minimum absolute atomic E-state index is 0.152. The fourth-order valence-electron chi connectivity index (χ4n) is 2.71. The third-order valence-electron chi connectivity index (χ3n) is 4.39. The van der Waals surface area contributed by atoms with Gasteiger partial charge in [0.1, 0.15) is 0 Å². The molecule has 0 aliphatic carbocycles. The summed E-state index contributed by atoms with van der Waals surface area (Å²) in [5.74, 6) is 0.644. The van der Waals surface area contributed by atoms with Crippen LogP contribution in [0.5, 0.6) is 0 Å². The number of benzene rings is 1. The summed E-state index contributed by atoms with van der Waals surface area (Å²) in [6.45, 7) is 10.9. The van der Waals surface area contributed by atoms with Crippen molar-refractivity contribution >= 4 is 5.91 Å². The van der Waals surface area contributed by atoms with Gasteiger partial charge in [-0.2, -0.15) is 0 Å². The molecule has 0 aliphatic rings. The van der Waals surface area contributed by atoms with Crippen LogP contribution in [0.1, 0.15) is 45.7 Å². The van der Waals surface area contributed by atoms with Crippen LogP contribution in [-0.2, 0) is 4.79 Å². The van der Waals surface area contributed by atoms with Gasteiger partial charge in [0.2, 0.25) is 5.91 Å². The Labute approximate surface area is 129 Å². The van der Waals surface area contributed by atoms with Crippen molar-refractivity contribution in [1.29, 1.82) is 0 Å². The van der Waals surface area contributed by atoms with Gasteiger partial charge in [0.25, 0.3) is 0 Å². The first-order valence-electron chi connectivity index (χ1n) is 8.07. The van der Waals surface area contributed by atoms with Gasteiger partial charge in [-0.1, -0.05) is 64.4 Å². The Morgan fingerprint density at radius 2 is 1.67 bits per heavy atom. The van der Waals surface area contributed by atoms with Crippen LogP contribution in [-0.4, -0.2) is 42.4 Å². The normalized spacial score (nSPS) is 14.0. The van der Waals surface area contributed by atoms with E-state index in [4.69, 9.17) is 0 Å². The molecule has 118 valence electrons. The predicted octanol–water partition coefficient (Wildman–Crippen LogP) is 3.57. The molecule has 21 heavy (non-hydrogen) atoms. The summed E-state index contributed by atoms with van der Waals surface area (Å²) in [4.78, 5) is 16.7. The maximum Gasteiger partial charge on any atom is 0.237 e. The van der Waals surface area contributed by atoms with Crippen LogP contribution in [0.4, 0.5) is 0 Å². The smallest absolute Gasteiger partial charge is 0.237 e. The lowest BCUT2D eigenvalue weighted by molar-refractivity contribution is -0.134. The predicted molar refractivity (Wildman–Crippen MR) is 89.2 cm³/mol. The zero-order chi connectivity index (χ0) is 15.8. The van der Waals surface area contributed by atoms with E-state index in [0.717, 1.165) is 19.5 Å². The second kappa shape index (κ2) is 8.83. The van der Waals surface area contributed by atoms with E-state index in [1.165, 1.54) is 5.56 Å². The molecule has 0 N–H and O–H groups in total. The molecule has 3 nitrogen and oxygen atoms in total. The molecular weight excluding hydrogens is 260 g/mol. The molecule has 3 heteroatoms. The maximum atomic E-state index is 12.6. The van der Waals surface area contributed by atoms with Gasteiger partial charge in [0.05, 0.1) is 12.6 Å². The molecule has 0 aromatic heterocycles. The van der Waals surface area contributed by atoms with Gasteiger partial charge in [0.15, 0.2) is 0 Å². The van der Waals surface area contributed by atoms with Crippen LogP contribution in [0.3, 0.4) is 0 Å². The number of amides is 1. The molecule has 0 fully saturated rings. The minimum atomic E-state index is 0.152. The van der Waals surface area contributed by atoms with Crippen molar-refractivity contribution in [3.63, 3.8) is 0 Å². The first-order chi connectivity index (χ1) is 10.0. The SMILES string of the molecule is CCC(C)C(c1ccccc1)N(C)C(=O)CN(CC)CC. The quantitative estimate of drug-likeness (QED) is 0.730. The Morgan fingerprint density at radius 1 is 1.10 bits per heavy atom. The Bertz CT molecular complexity index is 414. The van der Waals surface area contributed by atoms with Crippen molar-refractivity contribution in [2.45, 2.75) is 40.2 Å². The highest BCUT2D eigenvalue weighted by molar-refractivity contribution is 5.78. The lowest BCUT2D eigenvalue weighted by atomic mass is 9.91. The summed E-state index contributed by atoms with van der Waals surface area (Å²) < 4.78 is 0. The molecule has 1 rings (SSSR count). The van der Waals surface area contributed by atoms with Gasteiger partial charge < -0.3 is 4.90 Å². The zero-order valence-corrected chi connectivity index (χ0v) is 14.2. The van der Waals surface area contributed by atoms with Gasteiger partial charge in [-0.15, -0.1) is 0 Å². The lowest BCUT2D eigenvalue weighted by Gasteiger charge is -2.34. The number of nitrogens with zero attached hydrogens (tertiary/aromatic N) is 2. The van der Waals surface area contributed by atoms with Crippen molar-refractivity contribution in [3.05, 3.63) is 35.9 Å². The Morgan fingerprint density at radius 3 is 2.14 bits per heavy atom. The number of likely N-dealkylation sites (N-methyl/N-ethyl adjacent to an activating group) is 2. The molecule has 0 spiro atoms. The van der Waals surface area contributed by atoms with Crippen LogP contribution in [0, 0.1) is 5.92 Å². The highest BCUT2D eigenvalue weighted by Crippen LogP contribution is 2.29. The fraction of sp³-hybridized carbons (Fsp3) is 0.611. The first-order valence-corrected chi connectivity index (χ1v) is 8.07. The third kappa shape index (κ3) is 4.85. The second-order valence-electron chi connectivity index (χ2n) is 5.71. The van der Waals surface area contributed by atoms with E-state index in [0.29, 0.717) is 12.5 Å². The van der Waals surface area contributed by atoms with Crippen LogP contribution in [0.15, 0.2) is 30.3 Å². The van der Waals surface area contributed by atoms with Crippen LogP contribution >= 0.6 is 0 Å². The van der Waals surface area contributed by atoms with E-state index in [9.17, 15) is 4.79 Å². The van der Waals surface area contributed by atoms with Crippen LogP contribution < -0.4 is 0 Å². The molecule has 2 atom stereocenters. The van der Waals surface area contributed by atoms with Gasteiger partial charge in [-0.05, 0) is 24.6 Å². The lowest BCUT2D eigenvalue weighted by Crippen LogP contribution is -2.41. The van der Waals surface area contributed by atoms with E-state index < -0.39 is 0 Å². The zero-order valence-electron chi connectivity index (χ0n) is 14.2. The van der Waals surface area contributed by atoms with E-state index in [1.54, 1.807) is 0 Å². The monoisotopic (exact) mass is 290 g/mol. The molecule has 0 aliphatic heterocycles. The topological polar surface area (TPSA) is 23.6 Å². The molecule has 0 bridgehead atoms. The molecule has 1 aromatic rings. The summed E-state index contributed by atoms with van der Waals surface area (Å²) in [6.07, 6.45) is 1.06. The molecule has 2 unspecified atom stereocenters. The van der Waals surface area contributed by atoms with Crippen LogP contribution in [0.2, 0.25) is 0 Å². The third-order valence-corrected chi connectivity index (χ3v) is 4.39. The van der Waals surface area contributed by atoms with E-state index in [-0.39, 0.29) is 11.9 Å². The maximum absolute atomic E-state index is 12.6. The largest absolute Gasteiger partial charge is 0.337 e. The molecule has 0 saturated carbocycles. The van der Waals surface area contributed by atoms with Crippen molar-refractivity contribution in [2.75, 3.05) is 26.7 Å². The summed E-state index contributed by atoms with van der Waals surface area (Å²) in [6, 6.07) is 10.5. The van der Waals surface area contributed by atoms with Crippen molar-refractivity contribution in [2.24, 2.45) is 5.92 Å². The minimum Gasteiger partial charge on any atom is -0.337 e.